The molecule has 33 heavy (non-hydrogen) atoms. The number of nitrogens with one attached hydrogen (secondary N) is 3. The van der Waals surface area contributed by atoms with Crippen LogP contribution in [-0.4, -0.2) is 46.8 Å². The first-order valence-corrected chi connectivity index (χ1v) is 12.2. The number of benzene rings is 2. The van der Waals surface area contributed by atoms with Crippen LogP contribution in [0.3, 0.4) is 0 Å². The van der Waals surface area contributed by atoms with Crippen molar-refractivity contribution in [3.63, 3.8) is 0 Å². The SMILES string of the molecule is CC(=N)c1cc(C(=O)NSC2CC2)c(F)cc1NC1CCN(C(=O)c2cc(Cl)cc(Cl)c2)C1. The van der Waals surface area contributed by atoms with Gasteiger partial charge in [-0.3, -0.25) is 14.3 Å². The van der Waals surface area contributed by atoms with Crippen molar-refractivity contribution in [1.29, 1.82) is 5.41 Å². The van der Waals surface area contributed by atoms with E-state index >= 15 is 0 Å². The van der Waals surface area contributed by atoms with Crippen molar-refractivity contribution >= 4 is 58.4 Å². The lowest BCUT2D eigenvalue weighted by molar-refractivity contribution is 0.0791. The first-order chi connectivity index (χ1) is 15.7. The molecule has 1 saturated heterocycles. The quantitative estimate of drug-likeness (QED) is 0.345. The minimum Gasteiger partial charge on any atom is -0.380 e. The summed E-state index contributed by atoms with van der Waals surface area (Å²) in [4.78, 5) is 26.9. The second-order valence-electron chi connectivity index (χ2n) is 8.29. The molecule has 1 saturated carbocycles. The fourth-order valence-corrected chi connectivity index (χ4v) is 4.98. The molecule has 2 aliphatic rings. The van der Waals surface area contributed by atoms with E-state index in [1.807, 2.05) is 0 Å². The Hall–Kier alpha value is -2.29. The van der Waals surface area contributed by atoms with Crippen LogP contribution in [0.25, 0.3) is 0 Å². The van der Waals surface area contributed by atoms with Crippen molar-refractivity contribution in [2.75, 3.05) is 18.4 Å². The summed E-state index contributed by atoms with van der Waals surface area (Å²) in [6.45, 7) is 2.51. The first-order valence-electron chi connectivity index (χ1n) is 10.6. The molecule has 1 aliphatic heterocycles. The monoisotopic (exact) mass is 508 g/mol. The Bertz CT molecular complexity index is 1110. The molecule has 1 aliphatic carbocycles. The third-order valence-corrected chi connectivity index (χ3v) is 7.09. The zero-order chi connectivity index (χ0) is 23.7. The summed E-state index contributed by atoms with van der Waals surface area (Å²) in [5, 5.41) is 12.5. The van der Waals surface area contributed by atoms with Gasteiger partial charge in [-0.1, -0.05) is 23.2 Å². The molecule has 4 rings (SSSR count). The maximum Gasteiger partial charge on any atom is 0.264 e. The van der Waals surface area contributed by atoms with Gasteiger partial charge in [0.05, 0.1) is 5.56 Å². The van der Waals surface area contributed by atoms with E-state index in [2.05, 4.69) is 10.0 Å². The van der Waals surface area contributed by atoms with Crippen LogP contribution < -0.4 is 10.0 Å². The molecule has 1 heterocycles. The number of nitrogens with zero attached hydrogens (tertiary/aromatic N) is 1. The van der Waals surface area contributed by atoms with Gasteiger partial charge in [0.1, 0.15) is 5.82 Å². The molecule has 0 spiro atoms. The lowest BCUT2D eigenvalue weighted by Crippen LogP contribution is -2.32. The Morgan fingerprint density at radius 3 is 2.42 bits per heavy atom. The number of likely N-dealkylation sites (tertiary alicyclic amines) is 1. The van der Waals surface area contributed by atoms with Crippen LogP contribution in [0.2, 0.25) is 10.0 Å². The molecule has 3 N–H and O–H groups in total. The van der Waals surface area contributed by atoms with Gasteiger partial charge in [0.25, 0.3) is 11.8 Å². The van der Waals surface area contributed by atoms with Crippen molar-refractivity contribution in [3.8, 4) is 0 Å². The third-order valence-electron chi connectivity index (χ3n) is 5.54. The highest BCUT2D eigenvalue weighted by atomic mass is 35.5. The molecule has 174 valence electrons. The van der Waals surface area contributed by atoms with Crippen LogP contribution >= 0.6 is 35.1 Å². The number of hydrogen-bond donors (Lipinski definition) is 3. The summed E-state index contributed by atoms with van der Waals surface area (Å²) in [7, 11) is 0. The minimum atomic E-state index is -0.657. The average molecular weight is 509 g/mol. The molecule has 1 atom stereocenters. The van der Waals surface area contributed by atoms with Gasteiger partial charge in [-0.25, -0.2) is 4.39 Å². The average Bonchev–Trinajstić information content (AvgIpc) is 3.47. The first kappa shape index (κ1) is 23.9. The van der Waals surface area contributed by atoms with Crippen molar-refractivity contribution in [2.24, 2.45) is 0 Å². The summed E-state index contributed by atoms with van der Waals surface area (Å²) in [6, 6.07) is 7.26. The number of carbonyl (C=O) groups is 2. The van der Waals surface area contributed by atoms with E-state index in [0.717, 1.165) is 12.8 Å². The lowest BCUT2D eigenvalue weighted by atomic mass is 10.0. The fraction of sp³-hybridized carbons (Fsp3) is 0.348. The Morgan fingerprint density at radius 1 is 1.09 bits per heavy atom. The van der Waals surface area contributed by atoms with Crippen molar-refractivity contribution in [3.05, 3.63) is 62.9 Å². The summed E-state index contributed by atoms with van der Waals surface area (Å²) in [6.07, 6.45) is 2.75. The minimum absolute atomic E-state index is 0.0867. The van der Waals surface area contributed by atoms with Gasteiger partial charge in [-0.2, -0.15) is 0 Å². The zero-order valence-corrected chi connectivity index (χ0v) is 20.2. The number of halogens is 3. The molecule has 2 aromatic rings. The smallest absolute Gasteiger partial charge is 0.264 e. The molecule has 2 fully saturated rings. The molecule has 0 radical (unpaired) electrons. The Kier molecular flexibility index (Phi) is 7.16. The zero-order valence-electron chi connectivity index (χ0n) is 17.9. The highest BCUT2D eigenvalue weighted by molar-refractivity contribution is 7.98. The fourth-order valence-electron chi connectivity index (χ4n) is 3.70. The van der Waals surface area contributed by atoms with Gasteiger partial charge in [0.15, 0.2) is 0 Å². The Balaban J connectivity index is 1.46. The summed E-state index contributed by atoms with van der Waals surface area (Å²) < 4.78 is 17.5. The molecule has 0 aromatic heterocycles. The van der Waals surface area contributed by atoms with Gasteiger partial charge >= 0.3 is 0 Å². The van der Waals surface area contributed by atoms with Gasteiger partial charge in [0.2, 0.25) is 0 Å². The third kappa shape index (κ3) is 5.80. The van der Waals surface area contributed by atoms with Crippen LogP contribution in [0.1, 0.15) is 52.5 Å². The lowest BCUT2D eigenvalue weighted by Gasteiger charge is -2.20. The van der Waals surface area contributed by atoms with Crippen LogP contribution in [0, 0.1) is 11.2 Å². The largest absolute Gasteiger partial charge is 0.380 e. The highest BCUT2D eigenvalue weighted by Crippen LogP contribution is 2.32. The second kappa shape index (κ2) is 9.91. The number of carbonyl (C=O) groups excluding carboxylic acids is 2. The van der Waals surface area contributed by atoms with Crippen molar-refractivity contribution in [1.82, 2.24) is 9.62 Å². The van der Waals surface area contributed by atoms with Gasteiger partial charge < -0.3 is 15.6 Å². The van der Waals surface area contributed by atoms with E-state index in [0.29, 0.717) is 51.6 Å². The van der Waals surface area contributed by atoms with Gasteiger partial charge in [0, 0.05) is 57.0 Å². The Labute approximate surface area is 205 Å². The van der Waals surface area contributed by atoms with E-state index in [-0.39, 0.29) is 23.2 Å². The topological polar surface area (TPSA) is 85.3 Å². The maximum atomic E-state index is 14.8. The Morgan fingerprint density at radius 2 is 1.79 bits per heavy atom. The molecule has 1 unspecified atom stereocenters. The predicted molar refractivity (Wildman–Crippen MR) is 131 cm³/mol. The molecule has 2 amide bonds. The summed E-state index contributed by atoms with van der Waals surface area (Å²) in [5.41, 5.74) is 1.41. The van der Waals surface area contributed by atoms with Gasteiger partial charge in [-0.05, 0) is 68.5 Å². The number of hydrogen-bond acceptors (Lipinski definition) is 5. The molecule has 10 heteroatoms. The van der Waals surface area contributed by atoms with E-state index < -0.39 is 11.7 Å². The molecular weight excluding hydrogens is 486 g/mol. The van der Waals surface area contributed by atoms with Crippen LogP contribution in [0.15, 0.2) is 30.3 Å². The molecular formula is C23H23Cl2FN4O2S. The number of anilines is 1. The molecule has 0 bridgehead atoms. The van der Waals surface area contributed by atoms with Crippen LogP contribution in [0.4, 0.5) is 10.1 Å². The van der Waals surface area contributed by atoms with Crippen molar-refractivity contribution < 1.29 is 14.0 Å². The van der Waals surface area contributed by atoms with E-state index in [4.69, 9.17) is 28.6 Å². The molecule has 2 aromatic carbocycles. The van der Waals surface area contributed by atoms with E-state index in [9.17, 15) is 14.0 Å². The van der Waals surface area contributed by atoms with Crippen LogP contribution in [0.5, 0.6) is 0 Å². The van der Waals surface area contributed by atoms with E-state index in [1.165, 1.54) is 24.1 Å². The number of rotatable bonds is 7. The van der Waals surface area contributed by atoms with E-state index in [1.54, 1.807) is 30.0 Å². The van der Waals surface area contributed by atoms with Crippen molar-refractivity contribution in [2.45, 2.75) is 37.5 Å². The summed E-state index contributed by atoms with van der Waals surface area (Å²) in [5.74, 6) is -1.34. The standard InChI is InChI=1S/C23H23Cl2FN4O2S/c1-12(27)18-9-19(22(31)29-33-17-2-3-17)20(26)10-21(18)28-16-4-5-30(11-16)23(32)13-6-14(24)8-15(25)7-13/h6-10,16-17,27-28H,2-5,11H2,1H3,(H,29,31). The summed E-state index contributed by atoms with van der Waals surface area (Å²) >= 11 is 13.3. The van der Waals surface area contributed by atoms with Crippen LogP contribution in [-0.2, 0) is 0 Å². The number of amides is 2. The highest BCUT2D eigenvalue weighted by Gasteiger charge is 2.29. The van der Waals surface area contributed by atoms with Gasteiger partial charge in [-0.15, -0.1) is 0 Å². The normalized spacial score (nSPS) is 17.7. The second-order valence-corrected chi connectivity index (χ2v) is 10.3. The maximum absolute atomic E-state index is 14.8. The predicted octanol–water partition coefficient (Wildman–Crippen LogP) is 5.39. The molecule has 6 nitrogen and oxygen atoms in total.